The number of nitrogens with one attached hydrogen (secondary N) is 1. The standard InChI is InChI=1S/C18H20ClN5O2/c1-12-9-16(22-26-12)20-17(25)11-23(3)10-15-13(2)21-24(18(15)19)14-7-5-4-6-8-14/h4-9H,10-11H2,1-3H3,(H,20,22,25). The number of carbonyl (C=O) groups excluding carboxylic acids is 1. The SMILES string of the molecule is Cc1cc(NC(=O)CN(C)Cc2c(C)nn(-c3ccccc3)c2Cl)no1. The normalized spacial score (nSPS) is 11.1. The summed E-state index contributed by atoms with van der Waals surface area (Å²) in [6, 6.07) is 11.4. The van der Waals surface area contributed by atoms with Crippen LogP contribution >= 0.6 is 11.6 Å². The summed E-state index contributed by atoms with van der Waals surface area (Å²) in [5.74, 6) is 0.876. The largest absolute Gasteiger partial charge is 0.360 e. The van der Waals surface area contributed by atoms with Gasteiger partial charge in [0.15, 0.2) is 5.82 Å². The van der Waals surface area contributed by atoms with Crippen LogP contribution in [0.5, 0.6) is 0 Å². The average Bonchev–Trinajstić information content (AvgIpc) is 3.13. The Bertz CT molecular complexity index is 904. The molecule has 0 spiro atoms. The van der Waals surface area contributed by atoms with Gasteiger partial charge in [0.2, 0.25) is 5.91 Å². The summed E-state index contributed by atoms with van der Waals surface area (Å²) >= 11 is 6.53. The highest BCUT2D eigenvalue weighted by Gasteiger charge is 2.17. The Balaban J connectivity index is 1.66. The van der Waals surface area contributed by atoms with E-state index in [4.69, 9.17) is 16.1 Å². The Kier molecular flexibility index (Phi) is 5.39. The second-order valence-corrected chi connectivity index (χ2v) is 6.50. The van der Waals surface area contributed by atoms with Gasteiger partial charge in [0.25, 0.3) is 0 Å². The number of nitrogens with zero attached hydrogens (tertiary/aromatic N) is 4. The molecule has 0 fully saturated rings. The molecule has 0 bridgehead atoms. The van der Waals surface area contributed by atoms with Gasteiger partial charge < -0.3 is 9.84 Å². The highest BCUT2D eigenvalue weighted by Crippen LogP contribution is 2.24. The molecule has 0 aliphatic heterocycles. The monoisotopic (exact) mass is 373 g/mol. The maximum atomic E-state index is 12.1. The number of carbonyl (C=O) groups is 1. The molecule has 3 rings (SSSR count). The lowest BCUT2D eigenvalue weighted by Gasteiger charge is -2.15. The van der Waals surface area contributed by atoms with Crippen molar-refractivity contribution in [2.45, 2.75) is 20.4 Å². The molecule has 8 heteroatoms. The molecule has 2 aromatic heterocycles. The van der Waals surface area contributed by atoms with Crippen molar-refractivity contribution in [1.82, 2.24) is 19.8 Å². The number of benzene rings is 1. The van der Waals surface area contributed by atoms with Gasteiger partial charge in [-0.1, -0.05) is 35.0 Å². The van der Waals surface area contributed by atoms with Crippen LogP contribution in [0.4, 0.5) is 5.82 Å². The summed E-state index contributed by atoms with van der Waals surface area (Å²) in [5, 5.41) is 11.5. The summed E-state index contributed by atoms with van der Waals surface area (Å²) in [6.07, 6.45) is 0. The van der Waals surface area contributed by atoms with Crippen molar-refractivity contribution in [2.75, 3.05) is 18.9 Å². The third-order valence-electron chi connectivity index (χ3n) is 3.86. The maximum Gasteiger partial charge on any atom is 0.239 e. The number of amides is 1. The second-order valence-electron chi connectivity index (χ2n) is 6.15. The predicted octanol–water partition coefficient (Wildman–Crippen LogP) is 3.20. The lowest BCUT2D eigenvalue weighted by Crippen LogP contribution is -2.30. The van der Waals surface area contributed by atoms with Crippen molar-refractivity contribution in [3.63, 3.8) is 0 Å². The first-order valence-corrected chi connectivity index (χ1v) is 8.53. The lowest BCUT2D eigenvalue weighted by molar-refractivity contribution is -0.117. The van der Waals surface area contributed by atoms with Crippen molar-refractivity contribution < 1.29 is 9.32 Å². The van der Waals surface area contributed by atoms with Gasteiger partial charge in [0, 0.05) is 18.2 Å². The van der Waals surface area contributed by atoms with Crippen LogP contribution in [0.1, 0.15) is 17.0 Å². The number of likely N-dealkylation sites (N-methyl/N-ethyl adjacent to an activating group) is 1. The number of aryl methyl sites for hydroxylation is 2. The van der Waals surface area contributed by atoms with Gasteiger partial charge in [0.1, 0.15) is 10.9 Å². The van der Waals surface area contributed by atoms with E-state index in [2.05, 4.69) is 15.6 Å². The summed E-state index contributed by atoms with van der Waals surface area (Å²) in [7, 11) is 1.85. The Hall–Kier alpha value is -2.64. The van der Waals surface area contributed by atoms with Gasteiger partial charge >= 0.3 is 0 Å². The van der Waals surface area contributed by atoms with E-state index in [1.54, 1.807) is 17.7 Å². The Morgan fingerprint density at radius 2 is 2.04 bits per heavy atom. The zero-order valence-corrected chi connectivity index (χ0v) is 15.6. The summed E-state index contributed by atoms with van der Waals surface area (Å²) in [6.45, 7) is 4.37. The molecule has 0 radical (unpaired) electrons. The number of rotatable bonds is 6. The van der Waals surface area contributed by atoms with E-state index in [1.165, 1.54) is 0 Å². The van der Waals surface area contributed by atoms with E-state index in [1.807, 2.05) is 49.2 Å². The van der Waals surface area contributed by atoms with E-state index in [-0.39, 0.29) is 12.5 Å². The molecule has 136 valence electrons. The van der Waals surface area contributed by atoms with Crippen LogP contribution < -0.4 is 5.32 Å². The van der Waals surface area contributed by atoms with E-state index >= 15 is 0 Å². The Morgan fingerprint density at radius 1 is 1.31 bits per heavy atom. The predicted molar refractivity (Wildman–Crippen MR) is 99.5 cm³/mol. The molecule has 1 amide bonds. The zero-order chi connectivity index (χ0) is 18.7. The minimum atomic E-state index is -0.176. The van der Waals surface area contributed by atoms with Crippen molar-refractivity contribution in [1.29, 1.82) is 0 Å². The number of anilines is 1. The molecule has 0 aliphatic rings. The van der Waals surface area contributed by atoms with Crippen molar-refractivity contribution in [3.05, 3.63) is 58.6 Å². The molecular formula is C18H20ClN5O2. The van der Waals surface area contributed by atoms with E-state index in [9.17, 15) is 4.79 Å². The fraction of sp³-hybridized carbons (Fsp3) is 0.278. The van der Waals surface area contributed by atoms with Crippen LogP contribution in [0.25, 0.3) is 5.69 Å². The number of hydrogen-bond donors (Lipinski definition) is 1. The Labute approximate surface area is 156 Å². The smallest absolute Gasteiger partial charge is 0.239 e. The van der Waals surface area contributed by atoms with Gasteiger partial charge in [-0.05, 0) is 33.0 Å². The molecule has 1 aromatic carbocycles. The maximum absolute atomic E-state index is 12.1. The molecule has 0 aliphatic carbocycles. The summed E-state index contributed by atoms with van der Waals surface area (Å²) in [4.78, 5) is 14.0. The first-order valence-electron chi connectivity index (χ1n) is 8.15. The number of aromatic nitrogens is 3. The van der Waals surface area contributed by atoms with Crippen LogP contribution in [0.2, 0.25) is 5.15 Å². The number of para-hydroxylation sites is 1. The van der Waals surface area contributed by atoms with Crippen molar-refractivity contribution in [2.24, 2.45) is 0 Å². The number of halogens is 1. The minimum Gasteiger partial charge on any atom is -0.360 e. The molecule has 0 unspecified atom stereocenters. The van der Waals surface area contributed by atoms with Gasteiger partial charge in [-0.25, -0.2) is 4.68 Å². The third-order valence-corrected chi connectivity index (χ3v) is 4.25. The topological polar surface area (TPSA) is 76.2 Å². The summed E-state index contributed by atoms with van der Waals surface area (Å²) in [5.41, 5.74) is 2.62. The molecule has 3 aromatic rings. The van der Waals surface area contributed by atoms with Gasteiger partial charge in [-0.15, -0.1) is 0 Å². The fourth-order valence-corrected chi connectivity index (χ4v) is 2.96. The molecule has 26 heavy (non-hydrogen) atoms. The van der Waals surface area contributed by atoms with Gasteiger partial charge in [0.05, 0.1) is 17.9 Å². The molecule has 2 heterocycles. The van der Waals surface area contributed by atoms with Crippen LogP contribution in [0, 0.1) is 13.8 Å². The molecule has 0 saturated carbocycles. The molecule has 1 N–H and O–H groups in total. The highest BCUT2D eigenvalue weighted by atomic mass is 35.5. The third kappa shape index (κ3) is 4.12. The molecule has 0 saturated heterocycles. The highest BCUT2D eigenvalue weighted by molar-refractivity contribution is 6.30. The van der Waals surface area contributed by atoms with Crippen LogP contribution in [-0.4, -0.2) is 39.3 Å². The first-order chi connectivity index (χ1) is 12.4. The minimum absolute atomic E-state index is 0.176. The molecule has 7 nitrogen and oxygen atoms in total. The van der Waals surface area contributed by atoms with Crippen LogP contribution in [0.15, 0.2) is 40.9 Å². The van der Waals surface area contributed by atoms with Gasteiger partial charge in [-0.2, -0.15) is 5.10 Å². The van der Waals surface area contributed by atoms with E-state index in [0.717, 1.165) is 16.9 Å². The fourth-order valence-electron chi connectivity index (χ4n) is 2.63. The second kappa shape index (κ2) is 7.72. The average molecular weight is 374 g/mol. The summed E-state index contributed by atoms with van der Waals surface area (Å²) < 4.78 is 6.64. The quantitative estimate of drug-likeness (QED) is 0.718. The van der Waals surface area contributed by atoms with E-state index < -0.39 is 0 Å². The lowest BCUT2D eigenvalue weighted by atomic mass is 10.2. The van der Waals surface area contributed by atoms with Crippen LogP contribution in [0.3, 0.4) is 0 Å². The number of hydrogen-bond acceptors (Lipinski definition) is 5. The van der Waals surface area contributed by atoms with E-state index in [0.29, 0.717) is 23.3 Å². The zero-order valence-electron chi connectivity index (χ0n) is 14.9. The molecule has 0 atom stereocenters. The molecular weight excluding hydrogens is 354 g/mol. The first kappa shape index (κ1) is 18.2. The van der Waals surface area contributed by atoms with Gasteiger partial charge in [-0.3, -0.25) is 9.69 Å². The van der Waals surface area contributed by atoms with Crippen LogP contribution in [-0.2, 0) is 11.3 Å². The Morgan fingerprint density at radius 3 is 2.69 bits per heavy atom. The van der Waals surface area contributed by atoms with Crippen molar-refractivity contribution >= 4 is 23.3 Å². The van der Waals surface area contributed by atoms with Crippen molar-refractivity contribution in [3.8, 4) is 5.69 Å².